The Morgan fingerprint density at radius 2 is 2.06 bits per heavy atom. The van der Waals surface area contributed by atoms with Crippen molar-refractivity contribution in [3.05, 3.63) is 0 Å². The van der Waals surface area contributed by atoms with Crippen molar-refractivity contribution in [2.24, 2.45) is 0 Å². The van der Waals surface area contributed by atoms with Crippen LogP contribution in [0.1, 0.15) is 27.7 Å². The summed E-state index contributed by atoms with van der Waals surface area (Å²) in [6.45, 7) is 6.87. The SMILES string of the molecule is C[C@@H](NC(=O)CSCC#N)C(=O)OC(C)(C)C. The minimum atomic E-state index is -0.676. The summed E-state index contributed by atoms with van der Waals surface area (Å²) < 4.78 is 5.11. The summed E-state index contributed by atoms with van der Waals surface area (Å²) in [6, 6.07) is 1.25. The van der Waals surface area contributed by atoms with E-state index in [0.29, 0.717) is 0 Å². The third kappa shape index (κ3) is 8.57. The van der Waals surface area contributed by atoms with E-state index in [2.05, 4.69) is 5.32 Å². The molecular weight excluding hydrogens is 240 g/mol. The number of nitrogens with zero attached hydrogens (tertiary/aromatic N) is 1. The van der Waals surface area contributed by atoms with E-state index in [-0.39, 0.29) is 17.4 Å². The molecule has 1 N–H and O–H groups in total. The first kappa shape index (κ1) is 15.8. The molecule has 0 saturated carbocycles. The molecule has 17 heavy (non-hydrogen) atoms. The molecule has 1 atom stereocenters. The fourth-order valence-electron chi connectivity index (χ4n) is 0.922. The van der Waals surface area contributed by atoms with Crippen LogP contribution in [0.25, 0.3) is 0 Å². The molecule has 0 heterocycles. The van der Waals surface area contributed by atoms with Gasteiger partial charge in [-0.05, 0) is 27.7 Å². The smallest absolute Gasteiger partial charge is 0.328 e. The van der Waals surface area contributed by atoms with E-state index in [1.807, 2.05) is 6.07 Å². The van der Waals surface area contributed by atoms with Crippen molar-refractivity contribution in [3.8, 4) is 6.07 Å². The van der Waals surface area contributed by atoms with E-state index in [1.165, 1.54) is 11.8 Å². The molecular formula is C11H18N2O3S. The van der Waals surface area contributed by atoms with Crippen LogP contribution >= 0.6 is 11.8 Å². The molecule has 0 unspecified atom stereocenters. The largest absolute Gasteiger partial charge is 0.458 e. The second kappa shape index (κ2) is 7.17. The third-order valence-electron chi connectivity index (χ3n) is 1.54. The van der Waals surface area contributed by atoms with Crippen LogP contribution in [0.2, 0.25) is 0 Å². The minimum absolute atomic E-state index is 0.167. The van der Waals surface area contributed by atoms with E-state index in [9.17, 15) is 9.59 Å². The monoisotopic (exact) mass is 258 g/mol. The molecule has 0 aliphatic rings. The van der Waals surface area contributed by atoms with Crippen LogP contribution in [0.15, 0.2) is 0 Å². The number of amides is 1. The topological polar surface area (TPSA) is 79.2 Å². The first-order chi connectivity index (χ1) is 7.76. The number of carbonyl (C=O) groups is 2. The van der Waals surface area contributed by atoms with Crippen LogP contribution in [0.3, 0.4) is 0 Å². The molecule has 0 aromatic rings. The van der Waals surface area contributed by atoms with Gasteiger partial charge in [0, 0.05) is 0 Å². The van der Waals surface area contributed by atoms with E-state index in [0.717, 1.165) is 0 Å². The molecule has 5 nitrogen and oxygen atoms in total. The lowest BCUT2D eigenvalue weighted by Crippen LogP contribution is -2.42. The molecule has 0 saturated heterocycles. The Kier molecular flexibility index (Phi) is 6.66. The lowest BCUT2D eigenvalue weighted by Gasteiger charge is -2.22. The predicted molar refractivity (Wildman–Crippen MR) is 66.4 cm³/mol. The summed E-state index contributed by atoms with van der Waals surface area (Å²) in [5.74, 6) is -0.311. The number of esters is 1. The summed E-state index contributed by atoms with van der Waals surface area (Å²) in [5.41, 5.74) is -0.564. The highest BCUT2D eigenvalue weighted by molar-refractivity contribution is 8.00. The molecule has 0 rings (SSSR count). The summed E-state index contributed by atoms with van der Waals surface area (Å²) in [7, 11) is 0. The van der Waals surface area contributed by atoms with Gasteiger partial charge in [-0.2, -0.15) is 5.26 Å². The Balaban J connectivity index is 4.00. The standard InChI is InChI=1S/C11H18N2O3S/c1-8(10(15)16-11(2,3)4)13-9(14)7-17-6-5-12/h8H,6-7H2,1-4H3,(H,13,14)/t8-/m1/s1. The van der Waals surface area contributed by atoms with Crippen LogP contribution in [-0.4, -0.2) is 35.0 Å². The van der Waals surface area contributed by atoms with Crippen LogP contribution in [0, 0.1) is 11.3 Å². The van der Waals surface area contributed by atoms with Crippen molar-refractivity contribution in [2.45, 2.75) is 39.3 Å². The zero-order valence-electron chi connectivity index (χ0n) is 10.6. The first-order valence-electron chi connectivity index (χ1n) is 5.23. The molecule has 1 amide bonds. The van der Waals surface area contributed by atoms with E-state index in [4.69, 9.17) is 10.00 Å². The zero-order valence-corrected chi connectivity index (χ0v) is 11.4. The van der Waals surface area contributed by atoms with Crippen molar-refractivity contribution in [3.63, 3.8) is 0 Å². The number of hydrogen-bond acceptors (Lipinski definition) is 5. The Morgan fingerprint density at radius 1 is 1.47 bits per heavy atom. The molecule has 0 radical (unpaired) electrons. The normalized spacial score (nSPS) is 12.4. The molecule has 0 aromatic heterocycles. The van der Waals surface area contributed by atoms with Gasteiger partial charge >= 0.3 is 5.97 Å². The minimum Gasteiger partial charge on any atom is -0.458 e. The van der Waals surface area contributed by atoms with Gasteiger partial charge in [-0.1, -0.05) is 0 Å². The summed E-state index contributed by atoms with van der Waals surface area (Å²) >= 11 is 1.20. The van der Waals surface area contributed by atoms with Crippen LogP contribution in [-0.2, 0) is 14.3 Å². The number of nitrogens with one attached hydrogen (secondary N) is 1. The summed E-state index contributed by atoms with van der Waals surface area (Å²) in [4.78, 5) is 22.9. The Hall–Kier alpha value is -1.22. The maximum atomic E-state index is 11.5. The Morgan fingerprint density at radius 3 is 2.53 bits per heavy atom. The molecule has 0 spiro atoms. The summed E-state index contributed by atoms with van der Waals surface area (Å²) in [6.07, 6.45) is 0. The lowest BCUT2D eigenvalue weighted by atomic mass is 10.2. The number of rotatable bonds is 5. The van der Waals surface area contributed by atoms with Crippen LogP contribution < -0.4 is 5.32 Å². The van der Waals surface area contributed by atoms with Gasteiger partial charge in [-0.15, -0.1) is 11.8 Å². The fourth-order valence-corrected chi connectivity index (χ4v) is 1.38. The lowest BCUT2D eigenvalue weighted by molar-refractivity contribution is -0.157. The molecule has 0 bridgehead atoms. The number of hydrogen-bond donors (Lipinski definition) is 1. The van der Waals surface area contributed by atoms with Gasteiger partial charge < -0.3 is 10.1 Å². The number of nitriles is 1. The van der Waals surface area contributed by atoms with Gasteiger partial charge in [0.15, 0.2) is 0 Å². The van der Waals surface area contributed by atoms with E-state index in [1.54, 1.807) is 27.7 Å². The average Bonchev–Trinajstić information content (AvgIpc) is 2.15. The van der Waals surface area contributed by atoms with Crippen molar-refractivity contribution in [1.82, 2.24) is 5.32 Å². The van der Waals surface area contributed by atoms with Gasteiger partial charge in [0.25, 0.3) is 0 Å². The van der Waals surface area contributed by atoms with Gasteiger partial charge in [-0.3, -0.25) is 4.79 Å². The second-order valence-corrected chi connectivity index (χ2v) is 5.46. The van der Waals surface area contributed by atoms with Gasteiger partial charge in [0.2, 0.25) is 5.91 Å². The number of carbonyl (C=O) groups excluding carboxylic acids is 2. The predicted octanol–water partition coefficient (Wildman–Crippen LogP) is 1.09. The Bertz CT molecular complexity index is 318. The third-order valence-corrected chi connectivity index (χ3v) is 2.34. The second-order valence-electron chi connectivity index (χ2n) is 4.47. The summed E-state index contributed by atoms with van der Waals surface area (Å²) in [5, 5.41) is 10.8. The highest BCUT2D eigenvalue weighted by Gasteiger charge is 2.22. The fraction of sp³-hybridized carbons (Fsp3) is 0.727. The van der Waals surface area contributed by atoms with Crippen LogP contribution in [0.4, 0.5) is 0 Å². The number of thioether (sulfide) groups is 1. The highest BCUT2D eigenvalue weighted by atomic mass is 32.2. The number of ether oxygens (including phenoxy) is 1. The van der Waals surface area contributed by atoms with Crippen molar-refractivity contribution >= 4 is 23.6 Å². The quantitative estimate of drug-likeness (QED) is 0.590. The van der Waals surface area contributed by atoms with Crippen molar-refractivity contribution < 1.29 is 14.3 Å². The maximum Gasteiger partial charge on any atom is 0.328 e. The zero-order chi connectivity index (χ0) is 13.5. The molecule has 0 aliphatic carbocycles. The maximum absolute atomic E-state index is 11.5. The Labute approximate surface area is 106 Å². The molecule has 6 heteroatoms. The average molecular weight is 258 g/mol. The molecule has 0 aromatic carbocycles. The van der Waals surface area contributed by atoms with E-state index >= 15 is 0 Å². The van der Waals surface area contributed by atoms with Crippen molar-refractivity contribution in [2.75, 3.05) is 11.5 Å². The van der Waals surface area contributed by atoms with Crippen molar-refractivity contribution in [1.29, 1.82) is 5.26 Å². The first-order valence-corrected chi connectivity index (χ1v) is 6.38. The van der Waals surface area contributed by atoms with Crippen LogP contribution in [0.5, 0.6) is 0 Å². The highest BCUT2D eigenvalue weighted by Crippen LogP contribution is 2.08. The molecule has 0 fully saturated rings. The van der Waals surface area contributed by atoms with Gasteiger partial charge in [0.05, 0.1) is 17.6 Å². The molecule has 96 valence electrons. The van der Waals surface area contributed by atoms with Gasteiger partial charge in [-0.25, -0.2) is 4.79 Å². The molecule has 0 aliphatic heterocycles. The van der Waals surface area contributed by atoms with Gasteiger partial charge in [0.1, 0.15) is 11.6 Å². The van der Waals surface area contributed by atoms with E-state index < -0.39 is 17.6 Å².